The van der Waals surface area contributed by atoms with E-state index in [0.717, 1.165) is 0 Å². The minimum atomic E-state index is -0.500. The van der Waals surface area contributed by atoms with E-state index in [0.29, 0.717) is 12.2 Å². The third kappa shape index (κ3) is 13.2. The van der Waals surface area contributed by atoms with Gasteiger partial charge in [0.2, 0.25) is 0 Å². The van der Waals surface area contributed by atoms with E-state index in [1.165, 1.54) is 10.8 Å². The van der Waals surface area contributed by atoms with Crippen LogP contribution in [0, 0.1) is 0 Å². The Hall–Kier alpha value is -2.85. The molecule has 0 unspecified atom stereocenters. The van der Waals surface area contributed by atoms with E-state index in [1.807, 2.05) is 0 Å². The number of rotatable bonds is 0. The summed E-state index contributed by atoms with van der Waals surface area (Å²) in [4.78, 5) is 24.7. The molecule has 2 aromatic carbocycles. The summed E-state index contributed by atoms with van der Waals surface area (Å²) < 4.78 is 0. The normalized spacial score (nSPS) is 6.40. The van der Waals surface area contributed by atoms with Gasteiger partial charge in [-0.1, -0.05) is 48.5 Å². The predicted molar refractivity (Wildman–Crippen MR) is 73.9 cm³/mol. The fraction of sp³-hybridized carbons (Fsp3) is 0. The maximum absolute atomic E-state index is 8.25. The first-order valence-electron chi connectivity index (χ1n) is 4.73. The molecule has 0 saturated carbocycles. The number of benzene rings is 2. The Morgan fingerprint density at radius 2 is 1.00 bits per heavy atom. The van der Waals surface area contributed by atoms with Gasteiger partial charge in [-0.3, -0.25) is 9.59 Å². The van der Waals surface area contributed by atoms with Gasteiger partial charge in [-0.15, -0.1) is 0 Å². The fourth-order valence-corrected chi connectivity index (χ4v) is 1.13. The van der Waals surface area contributed by atoms with Crippen molar-refractivity contribution >= 4 is 40.4 Å². The average molecular weight is 285 g/mol. The fourth-order valence-electron chi connectivity index (χ4n) is 1.13. The van der Waals surface area contributed by atoms with E-state index in [1.54, 1.807) is 0 Å². The van der Waals surface area contributed by atoms with Crippen molar-refractivity contribution in [2.24, 2.45) is 0 Å². The Morgan fingerprint density at radius 1 is 0.850 bits per heavy atom. The Balaban J connectivity index is -0.000000247. The number of hydrogen-bond donors (Lipinski definition) is 0. The molecule has 2 aromatic rings. The van der Waals surface area contributed by atoms with Crippen molar-refractivity contribution in [2.75, 3.05) is 0 Å². The van der Waals surface area contributed by atoms with E-state index < -0.39 is 6.47 Å². The molecule has 0 amide bonds. The molecule has 0 aromatic heterocycles. The van der Waals surface area contributed by atoms with Crippen molar-refractivity contribution in [2.45, 2.75) is 0 Å². The largest absolute Gasteiger partial charge is 3.00 e. The van der Waals surface area contributed by atoms with E-state index in [2.05, 4.69) is 48.5 Å². The summed E-state index contributed by atoms with van der Waals surface area (Å²) in [7, 11) is 0. The molecule has 99 valence electrons. The minimum absolute atomic E-state index is 0. The van der Waals surface area contributed by atoms with Gasteiger partial charge in [0.25, 0.3) is 0 Å². The maximum atomic E-state index is 8.25. The van der Waals surface area contributed by atoms with Crippen LogP contribution in [-0.4, -0.2) is 29.6 Å². The van der Waals surface area contributed by atoms with Crippen LogP contribution >= 0.6 is 0 Å². The van der Waals surface area contributed by atoms with Gasteiger partial charge in [0.05, 0.1) is 0 Å². The van der Waals surface area contributed by atoms with Crippen molar-refractivity contribution in [3.8, 4) is 0 Å². The summed E-state index contributed by atoms with van der Waals surface area (Å²) in [5.74, 6) is 0. The number of carbonyl (C=O) groups is 1. The molecule has 0 N–H and O–H groups in total. The second-order valence-corrected chi connectivity index (χ2v) is 2.63. The molecule has 0 fully saturated rings. The Morgan fingerprint density at radius 3 is 1.15 bits per heavy atom. The van der Waals surface area contributed by atoms with E-state index in [9.17, 15) is 0 Å². The topological polar surface area (TPSA) is 119 Å². The van der Waals surface area contributed by atoms with Gasteiger partial charge in [-0.05, 0) is 22.9 Å². The first-order valence-corrected chi connectivity index (χ1v) is 4.73. The van der Waals surface area contributed by atoms with Gasteiger partial charge in [-0.2, -0.15) is 0 Å². The van der Waals surface area contributed by atoms with Crippen molar-refractivity contribution < 1.29 is 19.5 Å². The second-order valence-electron chi connectivity index (χ2n) is 2.63. The van der Waals surface area contributed by atoms with Crippen molar-refractivity contribution in [3.63, 3.8) is 0 Å². The molecule has 0 aliphatic heterocycles. The first-order chi connectivity index (χ1) is 9.21. The maximum Gasteiger partial charge on any atom is 3.00 e. The third-order valence-electron chi connectivity index (χ3n) is 1.66. The molecule has 6 nitrogen and oxygen atoms in total. The van der Waals surface area contributed by atoms with Gasteiger partial charge < -0.3 is 20.7 Å². The molecule has 0 aliphatic carbocycles. The van der Waals surface area contributed by atoms with E-state index in [-0.39, 0.29) is 11.0 Å². The standard InChI is InChI=1S/C10H8.2CNO.CH2O2.Si/c1-2-6-10-8-4-3-7-9(10)5-1;3*2-1-3;/h1-8H;;;1H,(H,2,3);/q;2*-1;;+3/p-1. The van der Waals surface area contributed by atoms with Gasteiger partial charge >= 0.3 is 11.0 Å². The number of fused-ring (bicyclic) bond motifs is 1. The summed E-state index contributed by atoms with van der Waals surface area (Å²) in [5.41, 5.74) is 0. The Labute approximate surface area is 120 Å². The van der Waals surface area contributed by atoms with Crippen molar-refractivity contribution in [1.29, 1.82) is 0 Å². The number of isocyanates is 2. The summed E-state index contributed by atoms with van der Waals surface area (Å²) >= 11 is 0. The minimum Gasteiger partial charge on any atom is -0.724 e. The molecule has 7 heteroatoms. The summed E-state index contributed by atoms with van der Waals surface area (Å²) in [5, 5.41) is 24.4. The molecule has 0 spiro atoms. The molecule has 20 heavy (non-hydrogen) atoms. The average Bonchev–Trinajstić information content (AvgIpc) is 2.42. The van der Waals surface area contributed by atoms with Crippen molar-refractivity contribution in [3.05, 3.63) is 59.3 Å². The Bertz CT molecular complexity index is 471. The van der Waals surface area contributed by atoms with Crippen LogP contribution in [-0.2, 0) is 14.4 Å². The second kappa shape index (κ2) is 18.5. The van der Waals surface area contributed by atoms with Crippen LogP contribution in [0.2, 0.25) is 0 Å². The molecular formula is C13H9N2O4Si. The number of carboxylic acid groups (broad SMARTS) is 1. The third-order valence-corrected chi connectivity index (χ3v) is 1.66. The van der Waals surface area contributed by atoms with Crippen LogP contribution in [0.5, 0.6) is 0 Å². The molecule has 2 rings (SSSR count). The van der Waals surface area contributed by atoms with Gasteiger partial charge in [-0.25, -0.2) is 0 Å². The number of carbonyl (C=O) groups excluding carboxylic acids is 3. The molecule has 0 heterocycles. The smallest absolute Gasteiger partial charge is 0.724 e. The summed E-state index contributed by atoms with van der Waals surface area (Å²) in [6, 6.07) is 16.7. The van der Waals surface area contributed by atoms with Crippen LogP contribution < -0.4 is 5.11 Å². The molecule has 1 radical (unpaired) electrons. The van der Waals surface area contributed by atoms with E-state index in [4.69, 9.17) is 30.3 Å². The zero-order valence-electron chi connectivity index (χ0n) is 10.2. The zero-order valence-corrected chi connectivity index (χ0v) is 11.2. The Kier molecular flexibility index (Phi) is 20.7. The quantitative estimate of drug-likeness (QED) is 0.305. The summed E-state index contributed by atoms with van der Waals surface area (Å²) in [6.07, 6.45) is 1.00. The van der Waals surface area contributed by atoms with Gasteiger partial charge in [0, 0.05) is 6.47 Å². The van der Waals surface area contributed by atoms with Gasteiger partial charge in [0.15, 0.2) is 0 Å². The monoisotopic (exact) mass is 285 g/mol. The molecule has 0 saturated heterocycles. The van der Waals surface area contributed by atoms with Crippen LogP contribution in [0.25, 0.3) is 21.6 Å². The van der Waals surface area contributed by atoms with Crippen molar-refractivity contribution in [1.82, 2.24) is 0 Å². The number of hydrogen-bond acceptors (Lipinski definition) is 4. The predicted octanol–water partition coefficient (Wildman–Crippen LogP) is 0.608. The first kappa shape index (κ1) is 22.3. The molecule has 0 aliphatic rings. The zero-order chi connectivity index (χ0) is 14.9. The van der Waals surface area contributed by atoms with Crippen LogP contribution in [0.15, 0.2) is 48.5 Å². The van der Waals surface area contributed by atoms with Crippen LogP contribution in [0.4, 0.5) is 0 Å². The van der Waals surface area contributed by atoms with Crippen LogP contribution in [0.1, 0.15) is 0 Å². The molecule has 0 atom stereocenters. The SMILES string of the molecule is O=C[O-].[N-]=C=O.[N-]=C=O.[Si+3].c1ccc2ccccc2c1. The summed E-state index contributed by atoms with van der Waals surface area (Å²) in [6.45, 7) is -0.500. The number of nitrogens with zero attached hydrogens (tertiary/aromatic N) is 2. The molecule has 0 bridgehead atoms. The molecular weight excluding hydrogens is 276 g/mol. The van der Waals surface area contributed by atoms with Gasteiger partial charge in [0.1, 0.15) is 0 Å². The van der Waals surface area contributed by atoms with Crippen LogP contribution in [0.3, 0.4) is 0 Å². The van der Waals surface area contributed by atoms with E-state index >= 15 is 0 Å².